The van der Waals surface area contributed by atoms with E-state index < -0.39 is 30.8 Å². The van der Waals surface area contributed by atoms with Crippen molar-refractivity contribution in [1.82, 2.24) is 10.1 Å². The number of aryl methyl sites for hydroxylation is 1. The van der Waals surface area contributed by atoms with Crippen molar-refractivity contribution in [3.63, 3.8) is 0 Å². The molecule has 5 nitrogen and oxygen atoms in total. The highest BCUT2D eigenvalue weighted by Crippen LogP contribution is 2.50. The van der Waals surface area contributed by atoms with E-state index in [1.165, 1.54) is 25.1 Å². The van der Waals surface area contributed by atoms with Crippen molar-refractivity contribution in [1.29, 1.82) is 0 Å². The smallest absolute Gasteiger partial charge is 0.374 e. The SMILES string of the molecule is Cc1nc(-c2ccc(C3=NOC(c4cc(Cl)cc(Cl)c4)(C(F)(F)F)C3)cc2CC(F)(F)F)no1. The van der Waals surface area contributed by atoms with Gasteiger partial charge in [0.2, 0.25) is 11.7 Å². The lowest BCUT2D eigenvalue weighted by Crippen LogP contribution is -2.42. The standard InChI is InChI=1S/C21H13Cl2F6N3O2/c1-10-30-18(32-33-10)16-3-2-11(4-12(16)8-20(24,25)26)17-9-19(34-31-17,21(27,28)29)13-5-14(22)7-15(23)6-13/h2-7H,8-9H2,1H3. The average molecular weight is 524 g/mol. The summed E-state index contributed by atoms with van der Waals surface area (Å²) in [6.07, 6.45) is -11.7. The van der Waals surface area contributed by atoms with Gasteiger partial charge in [-0.25, -0.2) is 0 Å². The number of benzene rings is 2. The van der Waals surface area contributed by atoms with Gasteiger partial charge in [-0.1, -0.05) is 45.6 Å². The zero-order valence-electron chi connectivity index (χ0n) is 17.1. The molecular weight excluding hydrogens is 511 g/mol. The molecule has 1 aliphatic rings. The maximum absolute atomic E-state index is 14.2. The molecule has 180 valence electrons. The monoisotopic (exact) mass is 523 g/mol. The van der Waals surface area contributed by atoms with E-state index in [1.807, 2.05) is 0 Å². The van der Waals surface area contributed by atoms with E-state index in [2.05, 4.69) is 15.3 Å². The Balaban J connectivity index is 1.75. The molecule has 1 aromatic heterocycles. The summed E-state index contributed by atoms with van der Waals surface area (Å²) in [5.74, 6) is 0.0619. The number of oxime groups is 1. The van der Waals surface area contributed by atoms with Crippen LogP contribution in [0.2, 0.25) is 10.0 Å². The fourth-order valence-corrected chi connectivity index (χ4v) is 4.13. The zero-order chi connectivity index (χ0) is 24.9. The van der Waals surface area contributed by atoms with Crippen LogP contribution < -0.4 is 0 Å². The highest BCUT2D eigenvalue weighted by atomic mass is 35.5. The first kappa shape index (κ1) is 24.3. The Bertz CT molecular complexity index is 1250. The Morgan fingerprint density at radius 1 is 1.00 bits per heavy atom. The molecule has 3 aromatic rings. The molecule has 1 unspecified atom stereocenters. The summed E-state index contributed by atoms with van der Waals surface area (Å²) in [6, 6.07) is 7.04. The third kappa shape index (κ3) is 4.72. The second kappa shape index (κ2) is 8.46. The van der Waals surface area contributed by atoms with Crippen molar-refractivity contribution < 1.29 is 35.7 Å². The molecule has 0 fully saturated rings. The molecule has 13 heteroatoms. The number of rotatable bonds is 4. The van der Waals surface area contributed by atoms with Crippen molar-refractivity contribution >= 4 is 28.9 Å². The second-order valence-electron chi connectivity index (χ2n) is 7.59. The second-order valence-corrected chi connectivity index (χ2v) is 8.46. The van der Waals surface area contributed by atoms with Gasteiger partial charge in [-0.2, -0.15) is 31.3 Å². The highest BCUT2D eigenvalue weighted by Gasteiger charge is 2.62. The van der Waals surface area contributed by atoms with E-state index in [4.69, 9.17) is 32.6 Å². The van der Waals surface area contributed by atoms with Gasteiger partial charge in [0.05, 0.1) is 12.1 Å². The van der Waals surface area contributed by atoms with Crippen LogP contribution in [0.1, 0.15) is 29.0 Å². The lowest BCUT2D eigenvalue weighted by atomic mass is 9.86. The number of hydrogen-bond acceptors (Lipinski definition) is 5. The minimum atomic E-state index is -4.94. The molecule has 0 radical (unpaired) electrons. The molecule has 34 heavy (non-hydrogen) atoms. The Kier molecular flexibility index (Phi) is 6.05. The van der Waals surface area contributed by atoms with E-state index in [-0.39, 0.29) is 49.7 Å². The van der Waals surface area contributed by atoms with Crippen molar-refractivity contribution in [2.24, 2.45) is 5.16 Å². The van der Waals surface area contributed by atoms with Crippen LogP contribution in [0.5, 0.6) is 0 Å². The third-order valence-electron chi connectivity index (χ3n) is 5.11. The van der Waals surface area contributed by atoms with E-state index in [1.54, 1.807) is 0 Å². The molecule has 0 N–H and O–H groups in total. The molecule has 0 amide bonds. The van der Waals surface area contributed by atoms with Gasteiger partial charge in [-0.05, 0) is 35.4 Å². The maximum Gasteiger partial charge on any atom is 0.435 e. The molecule has 0 saturated carbocycles. The van der Waals surface area contributed by atoms with Crippen LogP contribution in [0.4, 0.5) is 26.3 Å². The predicted molar refractivity (Wildman–Crippen MR) is 111 cm³/mol. The van der Waals surface area contributed by atoms with Crippen molar-refractivity contribution in [2.75, 3.05) is 0 Å². The van der Waals surface area contributed by atoms with Gasteiger partial charge in [-0.15, -0.1) is 0 Å². The minimum absolute atomic E-state index is 0.0162. The fraction of sp³-hybridized carbons (Fsp3) is 0.286. The van der Waals surface area contributed by atoms with Gasteiger partial charge in [0.15, 0.2) is 0 Å². The number of nitrogens with zero attached hydrogens (tertiary/aromatic N) is 3. The number of hydrogen-bond donors (Lipinski definition) is 0. The normalized spacial score (nSPS) is 18.7. The van der Waals surface area contributed by atoms with Gasteiger partial charge >= 0.3 is 12.4 Å². The summed E-state index contributed by atoms with van der Waals surface area (Å²) in [5.41, 5.74) is -3.71. The van der Waals surface area contributed by atoms with Gasteiger partial charge in [0.25, 0.3) is 5.60 Å². The summed E-state index contributed by atoms with van der Waals surface area (Å²) in [4.78, 5) is 8.85. The molecule has 2 heterocycles. The molecular formula is C21H13Cl2F6N3O2. The van der Waals surface area contributed by atoms with E-state index in [9.17, 15) is 26.3 Å². The lowest BCUT2D eigenvalue weighted by molar-refractivity contribution is -0.275. The lowest BCUT2D eigenvalue weighted by Gasteiger charge is -2.29. The molecule has 0 bridgehead atoms. The molecule has 1 aliphatic heterocycles. The Morgan fingerprint density at radius 3 is 2.24 bits per heavy atom. The topological polar surface area (TPSA) is 60.5 Å². The molecule has 0 spiro atoms. The van der Waals surface area contributed by atoms with Gasteiger partial charge in [0.1, 0.15) is 0 Å². The number of aromatic nitrogens is 2. The van der Waals surface area contributed by atoms with Gasteiger partial charge < -0.3 is 9.36 Å². The van der Waals surface area contributed by atoms with Crippen molar-refractivity contribution in [3.05, 3.63) is 69.0 Å². The third-order valence-corrected chi connectivity index (χ3v) is 5.55. The maximum atomic E-state index is 14.2. The molecule has 1 atom stereocenters. The summed E-state index contributed by atoms with van der Waals surface area (Å²) in [5, 5.41) is 7.13. The Labute approximate surface area is 198 Å². The van der Waals surface area contributed by atoms with Crippen LogP contribution in [-0.4, -0.2) is 28.2 Å². The van der Waals surface area contributed by atoms with Crippen LogP contribution in [0, 0.1) is 6.92 Å². The first-order chi connectivity index (χ1) is 15.8. The van der Waals surface area contributed by atoms with Crippen LogP contribution in [0.3, 0.4) is 0 Å². The average Bonchev–Trinajstić information content (AvgIpc) is 3.33. The first-order valence-corrected chi connectivity index (χ1v) is 10.3. The number of alkyl halides is 6. The summed E-state index contributed by atoms with van der Waals surface area (Å²) >= 11 is 11.8. The minimum Gasteiger partial charge on any atom is -0.374 e. The Hall–Kier alpha value is -2.79. The predicted octanol–water partition coefficient (Wildman–Crippen LogP) is 7.04. The van der Waals surface area contributed by atoms with Gasteiger partial charge in [0, 0.05) is 34.5 Å². The fourth-order valence-electron chi connectivity index (χ4n) is 3.61. The molecule has 2 aromatic carbocycles. The summed E-state index contributed by atoms with van der Waals surface area (Å²) in [6.45, 7) is 1.47. The Morgan fingerprint density at radius 2 is 1.68 bits per heavy atom. The van der Waals surface area contributed by atoms with Crippen LogP contribution in [-0.2, 0) is 16.9 Å². The largest absolute Gasteiger partial charge is 0.435 e. The molecule has 4 rings (SSSR count). The molecule has 0 saturated heterocycles. The number of halogens is 8. The van der Waals surface area contributed by atoms with E-state index in [0.29, 0.717) is 0 Å². The van der Waals surface area contributed by atoms with E-state index >= 15 is 0 Å². The summed E-state index contributed by atoms with van der Waals surface area (Å²) < 4.78 is 87.1. The van der Waals surface area contributed by atoms with Crippen LogP contribution >= 0.6 is 23.2 Å². The zero-order valence-corrected chi connectivity index (χ0v) is 18.6. The first-order valence-electron chi connectivity index (χ1n) is 9.56. The quantitative estimate of drug-likeness (QED) is 0.344. The highest BCUT2D eigenvalue weighted by molar-refractivity contribution is 6.34. The van der Waals surface area contributed by atoms with E-state index in [0.717, 1.165) is 18.2 Å². The van der Waals surface area contributed by atoms with Gasteiger partial charge in [-0.3, -0.25) is 0 Å². The van der Waals surface area contributed by atoms with Crippen LogP contribution in [0.15, 0.2) is 46.1 Å². The summed E-state index contributed by atoms with van der Waals surface area (Å²) in [7, 11) is 0. The molecule has 0 aliphatic carbocycles. The van der Waals surface area contributed by atoms with Crippen LogP contribution in [0.25, 0.3) is 11.4 Å². The van der Waals surface area contributed by atoms with Crippen molar-refractivity contribution in [2.45, 2.75) is 37.7 Å². The van der Waals surface area contributed by atoms with Crippen molar-refractivity contribution in [3.8, 4) is 11.4 Å².